The normalized spacial score (nSPS) is 11.0. The summed E-state index contributed by atoms with van der Waals surface area (Å²) in [7, 11) is 0. The summed E-state index contributed by atoms with van der Waals surface area (Å²) in [5.74, 6) is -0.423. The van der Waals surface area contributed by atoms with Crippen LogP contribution in [0.5, 0.6) is 0 Å². The van der Waals surface area contributed by atoms with E-state index in [1.807, 2.05) is 0 Å². The number of nitrogens with one attached hydrogen (secondary N) is 1. The first kappa shape index (κ1) is 21.0. The summed E-state index contributed by atoms with van der Waals surface area (Å²) >= 11 is 1.17. The molecule has 0 bridgehead atoms. The lowest BCUT2D eigenvalue weighted by Gasteiger charge is -2.12. The number of aliphatic hydroxyl groups excluding tert-OH is 1. The summed E-state index contributed by atoms with van der Waals surface area (Å²) in [5.41, 5.74) is 0.932. The van der Waals surface area contributed by atoms with Crippen LogP contribution in [-0.4, -0.2) is 39.5 Å². The second-order valence-corrected chi connectivity index (χ2v) is 7.37. The third kappa shape index (κ3) is 5.42. The van der Waals surface area contributed by atoms with E-state index in [4.69, 9.17) is 5.11 Å². The zero-order valence-corrected chi connectivity index (χ0v) is 16.6. The number of hydrogen-bond donors (Lipinski definition) is 2. The molecule has 0 saturated carbocycles. The van der Waals surface area contributed by atoms with Gasteiger partial charge in [-0.15, -0.1) is 0 Å². The van der Waals surface area contributed by atoms with Gasteiger partial charge in [-0.3, -0.25) is 14.2 Å². The average molecular weight is 415 g/mol. The number of carbonyl (C=O) groups is 1. The van der Waals surface area contributed by atoms with Gasteiger partial charge >= 0.3 is 0 Å². The molecule has 1 heterocycles. The average Bonchev–Trinajstić information content (AvgIpc) is 2.73. The number of rotatable bonds is 9. The molecule has 0 fully saturated rings. The van der Waals surface area contributed by atoms with Crippen molar-refractivity contribution in [2.45, 2.75) is 24.5 Å². The van der Waals surface area contributed by atoms with Crippen LogP contribution in [0, 0.1) is 5.82 Å². The Bertz CT molecular complexity index is 1050. The maximum Gasteiger partial charge on any atom is 0.262 e. The molecule has 3 aromatic rings. The molecule has 0 radical (unpaired) electrons. The van der Waals surface area contributed by atoms with Gasteiger partial charge in [0.2, 0.25) is 5.91 Å². The van der Waals surface area contributed by atoms with Gasteiger partial charge in [-0.1, -0.05) is 42.1 Å². The van der Waals surface area contributed by atoms with E-state index in [1.165, 1.54) is 22.4 Å². The minimum absolute atomic E-state index is 0.0418. The second kappa shape index (κ2) is 10.2. The first-order chi connectivity index (χ1) is 14.1. The van der Waals surface area contributed by atoms with Crippen LogP contribution in [0.25, 0.3) is 10.9 Å². The molecule has 0 aliphatic heterocycles. The van der Waals surface area contributed by atoms with Crippen molar-refractivity contribution < 1.29 is 14.3 Å². The van der Waals surface area contributed by atoms with Crippen molar-refractivity contribution in [3.8, 4) is 0 Å². The van der Waals surface area contributed by atoms with E-state index in [9.17, 15) is 14.0 Å². The fraction of sp³-hybridized carbons (Fsp3) is 0.286. The summed E-state index contributed by atoms with van der Waals surface area (Å²) in [6.45, 7) is 0.604. The Labute approximate surface area is 171 Å². The zero-order chi connectivity index (χ0) is 20.6. The number of thioether (sulfide) groups is 1. The molecule has 0 aliphatic carbocycles. The molecule has 0 aliphatic rings. The van der Waals surface area contributed by atoms with Gasteiger partial charge in [0.25, 0.3) is 5.56 Å². The molecule has 1 aromatic heterocycles. The molecular weight excluding hydrogens is 393 g/mol. The zero-order valence-electron chi connectivity index (χ0n) is 15.8. The molecule has 0 spiro atoms. The SMILES string of the molecule is O=C(CSc1nc2ccccc2c(=O)n1CCCO)NCCc1ccccc1F. The molecule has 2 N–H and O–H groups in total. The number of amides is 1. The van der Waals surface area contributed by atoms with E-state index in [-0.39, 0.29) is 29.6 Å². The van der Waals surface area contributed by atoms with E-state index < -0.39 is 0 Å². The van der Waals surface area contributed by atoms with Crippen LogP contribution < -0.4 is 10.9 Å². The fourth-order valence-electron chi connectivity index (χ4n) is 2.90. The lowest BCUT2D eigenvalue weighted by atomic mass is 10.1. The second-order valence-electron chi connectivity index (χ2n) is 6.43. The Morgan fingerprint density at radius 3 is 2.72 bits per heavy atom. The summed E-state index contributed by atoms with van der Waals surface area (Å²) in [4.78, 5) is 29.5. The van der Waals surface area contributed by atoms with Crippen LogP contribution in [0.1, 0.15) is 12.0 Å². The fourth-order valence-corrected chi connectivity index (χ4v) is 3.76. The van der Waals surface area contributed by atoms with Crippen LogP contribution in [-0.2, 0) is 17.8 Å². The molecular formula is C21H22FN3O3S. The van der Waals surface area contributed by atoms with E-state index in [0.717, 1.165) is 0 Å². The van der Waals surface area contributed by atoms with Gasteiger partial charge in [0.05, 0.1) is 16.7 Å². The van der Waals surface area contributed by atoms with Gasteiger partial charge in [-0.2, -0.15) is 0 Å². The Balaban J connectivity index is 1.65. The van der Waals surface area contributed by atoms with E-state index in [0.29, 0.717) is 47.6 Å². The van der Waals surface area contributed by atoms with Gasteiger partial charge in [-0.25, -0.2) is 9.37 Å². The largest absolute Gasteiger partial charge is 0.396 e. The minimum Gasteiger partial charge on any atom is -0.396 e. The number of benzene rings is 2. The van der Waals surface area contributed by atoms with Gasteiger partial charge < -0.3 is 10.4 Å². The van der Waals surface area contributed by atoms with Crippen LogP contribution in [0.4, 0.5) is 4.39 Å². The summed E-state index contributed by atoms with van der Waals surface area (Å²) < 4.78 is 15.1. The lowest BCUT2D eigenvalue weighted by molar-refractivity contribution is -0.118. The molecule has 3 rings (SSSR count). The first-order valence-electron chi connectivity index (χ1n) is 9.33. The van der Waals surface area contributed by atoms with Crippen LogP contribution in [0.15, 0.2) is 58.5 Å². The van der Waals surface area contributed by atoms with Crippen molar-refractivity contribution >= 4 is 28.6 Å². The van der Waals surface area contributed by atoms with Gasteiger partial charge in [0, 0.05) is 19.7 Å². The summed E-state index contributed by atoms with van der Waals surface area (Å²) in [6, 6.07) is 13.5. The summed E-state index contributed by atoms with van der Waals surface area (Å²) in [6.07, 6.45) is 0.820. The maximum atomic E-state index is 13.6. The topological polar surface area (TPSA) is 84.2 Å². The van der Waals surface area contributed by atoms with E-state index >= 15 is 0 Å². The maximum absolute atomic E-state index is 13.6. The molecule has 29 heavy (non-hydrogen) atoms. The Kier molecular flexibility index (Phi) is 7.37. The van der Waals surface area contributed by atoms with Gasteiger partial charge in [0.1, 0.15) is 5.82 Å². The highest BCUT2D eigenvalue weighted by Gasteiger charge is 2.13. The monoisotopic (exact) mass is 415 g/mol. The number of fused-ring (bicyclic) bond motifs is 1. The highest BCUT2D eigenvalue weighted by Crippen LogP contribution is 2.18. The smallest absolute Gasteiger partial charge is 0.262 e. The highest BCUT2D eigenvalue weighted by molar-refractivity contribution is 7.99. The lowest BCUT2D eigenvalue weighted by Crippen LogP contribution is -2.28. The molecule has 2 aromatic carbocycles. The number of nitrogens with zero attached hydrogens (tertiary/aromatic N) is 2. The third-order valence-corrected chi connectivity index (χ3v) is 5.35. The number of aliphatic hydroxyl groups is 1. The highest BCUT2D eigenvalue weighted by atomic mass is 32.2. The first-order valence-corrected chi connectivity index (χ1v) is 10.3. The van der Waals surface area contributed by atoms with Crippen LogP contribution in [0.3, 0.4) is 0 Å². The molecule has 152 valence electrons. The van der Waals surface area contributed by atoms with E-state index in [2.05, 4.69) is 10.3 Å². The summed E-state index contributed by atoms with van der Waals surface area (Å²) in [5, 5.41) is 12.8. The Morgan fingerprint density at radius 1 is 1.17 bits per heavy atom. The van der Waals surface area contributed by atoms with Crippen molar-refractivity contribution in [3.63, 3.8) is 0 Å². The number of halogens is 1. The Morgan fingerprint density at radius 2 is 1.93 bits per heavy atom. The van der Waals surface area contributed by atoms with Crippen molar-refractivity contribution in [1.29, 1.82) is 0 Å². The molecule has 8 heteroatoms. The molecule has 1 amide bonds. The van der Waals surface area contributed by atoms with Crippen molar-refractivity contribution in [2.24, 2.45) is 0 Å². The van der Waals surface area contributed by atoms with Crippen molar-refractivity contribution in [1.82, 2.24) is 14.9 Å². The standard InChI is InChI=1S/C21H22FN3O3S/c22-17-8-3-1-6-15(17)10-11-23-19(27)14-29-21-24-18-9-4-2-7-16(18)20(28)25(21)12-5-13-26/h1-4,6-9,26H,5,10-14H2,(H,23,27). The van der Waals surface area contributed by atoms with Crippen LogP contribution in [0.2, 0.25) is 0 Å². The van der Waals surface area contributed by atoms with Gasteiger partial charge in [0.15, 0.2) is 5.16 Å². The molecule has 6 nitrogen and oxygen atoms in total. The predicted molar refractivity (Wildman–Crippen MR) is 112 cm³/mol. The van der Waals surface area contributed by atoms with Crippen molar-refractivity contribution in [3.05, 3.63) is 70.3 Å². The number of aromatic nitrogens is 2. The van der Waals surface area contributed by atoms with Gasteiger partial charge in [-0.05, 0) is 36.6 Å². The molecule has 0 atom stereocenters. The Hall–Kier alpha value is -2.71. The quantitative estimate of drug-likeness (QED) is 0.414. The number of para-hydroxylation sites is 1. The number of hydrogen-bond acceptors (Lipinski definition) is 5. The molecule has 0 saturated heterocycles. The van der Waals surface area contributed by atoms with Crippen molar-refractivity contribution in [2.75, 3.05) is 18.9 Å². The third-order valence-electron chi connectivity index (χ3n) is 4.37. The van der Waals surface area contributed by atoms with Crippen LogP contribution >= 0.6 is 11.8 Å². The molecule has 0 unspecified atom stereocenters. The number of carbonyl (C=O) groups excluding carboxylic acids is 1. The van der Waals surface area contributed by atoms with E-state index in [1.54, 1.807) is 42.5 Å². The minimum atomic E-state index is -0.288. The predicted octanol–water partition coefficient (Wildman–Crippen LogP) is 2.37.